The Hall–Kier alpha value is -1.89. The monoisotopic (exact) mass is 420 g/mol. The van der Waals surface area contributed by atoms with Crippen molar-refractivity contribution < 1.29 is 13.2 Å². The molecule has 0 aromatic heterocycles. The first-order valence-electron chi connectivity index (χ1n) is 9.36. The molecular formula is C21H25ClN2O3S. The minimum Gasteiger partial charge on any atom is -0.326 e. The molecule has 1 aliphatic heterocycles. The highest BCUT2D eigenvalue weighted by atomic mass is 35.5. The minimum atomic E-state index is -3.48. The van der Waals surface area contributed by atoms with E-state index in [1.165, 1.54) is 4.31 Å². The van der Waals surface area contributed by atoms with Crippen LogP contribution in [-0.4, -0.2) is 31.7 Å². The fraction of sp³-hybridized carbons (Fsp3) is 0.381. The number of sulfonamides is 1. The van der Waals surface area contributed by atoms with Crippen molar-refractivity contribution in [3.63, 3.8) is 0 Å². The summed E-state index contributed by atoms with van der Waals surface area (Å²) >= 11 is 6.12. The lowest BCUT2D eigenvalue weighted by Gasteiger charge is -2.31. The van der Waals surface area contributed by atoms with Gasteiger partial charge in [-0.1, -0.05) is 41.9 Å². The molecule has 7 heteroatoms. The molecule has 5 nitrogen and oxygen atoms in total. The molecule has 28 heavy (non-hydrogen) atoms. The molecule has 1 N–H and O–H groups in total. The molecule has 1 atom stereocenters. The molecule has 1 saturated heterocycles. The largest absolute Gasteiger partial charge is 0.326 e. The first-order valence-corrected chi connectivity index (χ1v) is 11.3. The van der Waals surface area contributed by atoms with Crippen LogP contribution in [0.4, 0.5) is 5.69 Å². The van der Waals surface area contributed by atoms with E-state index in [1.807, 2.05) is 38.1 Å². The topological polar surface area (TPSA) is 66.5 Å². The standard InChI is InChI=1S/C21H25ClN2O3S/c1-15-7-3-4-8-18(15)14-28(26,27)24-12-6-9-17(13-24)21(25)23-20-11-5-10-19(22)16(20)2/h3-5,7-8,10-11,17H,6,9,12-14H2,1-2H3,(H,23,25). The number of piperidine rings is 1. The second-order valence-corrected chi connectivity index (χ2v) is 9.66. The van der Waals surface area contributed by atoms with Gasteiger partial charge >= 0.3 is 0 Å². The molecule has 150 valence electrons. The number of carbonyl (C=O) groups is 1. The zero-order chi connectivity index (χ0) is 20.3. The lowest BCUT2D eigenvalue weighted by Crippen LogP contribution is -2.44. The molecule has 0 spiro atoms. The molecule has 1 heterocycles. The second kappa shape index (κ2) is 8.64. The number of halogens is 1. The minimum absolute atomic E-state index is 0.0403. The molecule has 0 radical (unpaired) electrons. The van der Waals surface area contributed by atoms with Gasteiger partial charge in [0.15, 0.2) is 0 Å². The van der Waals surface area contributed by atoms with Crippen molar-refractivity contribution in [2.45, 2.75) is 32.4 Å². The third-order valence-corrected chi connectivity index (χ3v) is 7.48. The summed E-state index contributed by atoms with van der Waals surface area (Å²) in [6, 6.07) is 12.8. The number of hydrogen-bond donors (Lipinski definition) is 1. The van der Waals surface area contributed by atoms with Crippen molar-refractivity contribution in [3.05, 3.63) is 64.2 Å². The van der Waals surface area contributed by atoms with E-state index in [1.54, 1.807) is 18.2 Å². The number of nitrogens with one attached hydrogen (secondary N) is 1. The summed E-state index contributed by atoms with van der Waals surface area (Å²) in [6.45, 7) is 4.41. The van der Waals surface area contributed by atoms with E-state index in [0.29, 0.717) is 30.1 Å². The van der Waals surface area contributed by atoms with Crippen molar-refractivity contribution in [3.8, 4) is 0 Å². The van der Waals surface area contributed by atoms with Gasteiger partial charge < -0.3 is 5.32 Å². The van der Waals surface area contributed by atoms with Crippen LogP contribution in [0.15, 0.2) is 42.5 Å². The number of benzene rings is 2. The lowest BCUT2D eigenvalue weighted by molar-refractivity contribution is -0.120. The Kier molecular flexibility index (Phi) is 6.43. The summed E-state index contributed by atoms with van der Waals surface area (Å²) in [5.41, 5.74) is 3.21. The van der Waals surface area contributed by atoms with Gasteiger partial charge in [-0.15, -0.1) is 0 Å². The smallest absolute Gasteiger partial charge is 0.228 e. The van der Waals surface area contributed by atoms with E-state index >= 15 is 0 Å². The lowest BCUT2D eigenvalue weighted by atomic mass is 9.98. The van der Waals surface area contributed by atoms with E-state index in [2.05, 4.69) is 5.32 Å². The van der Waals surface area contributed by atoms with E-state index in [4.69, 9.17) is 11.6 Å². The first kappa shape index (κ1) is 20.8. The van der Waals surface area contributed by atoms with Crippen LogP contribution in [-0.2, 0) is 20.6 Å². The fourth-order valence-electron chi connectivity index (χ4n) is 3.45. The van der Waals surface area contributed by atoms with Gasteiger partial charge in [0, 0.05) is 23.8 Å². The number of nitrogens with zero attached hydrogens (tertiary/aromatic N) is 1. The Balaban J connectivity index is 1.70. The quantitative estimate of drug-likeness (QED) is 0.790. The molecule has 2 aromatic rings. The number of aryl methyl sites for hydroxylation is 1. The van der Waals surface area contributed by atoms with Gasteiger partial charge in [-0.2, -0.15) is 0 Å². The number of rotatable bonds is 5. The zero-order valence-corrected chi connectivity index (χ0v) is 17.7. The van der Waals surface area contributed by atoms with Crippen molar-refractivity contribution in [2.24, 2.45) is 5.92 Å². The van der Waals surface area contributed by atoms with E-state index in [9.17, 15) is 13.2 Å². The van der Waals surface area contributed by atoms with E-state index in [-0.39, 0.29) is 24.1 Å². The maximum Gasteiger partial charge on any atom is 0.228 e. The summed E-state index contributed by atoms with van der Waals surface area (Å²) < 4.78 is 27.3. The van der Waals surface area contributed by atoms with Crippen LogP contribution in [0.25, 0.3) is 0 Å². The maximum atomic E-state index is 12.9. The van der Waals surface area contributed by atoms with Gasteiger partial charge in [-0.25, -0.2) is 12.7 Å². The van der Waals surface area contributed by atoms with Crippen LogP contribution >= 0.6 is 11.6 Å². The summed E-state index contributed by atoms with van der Waals surface area (Å²) in [4.78, 5) is 12.7. The molecule has 0 bridgehead atoms. The average molecular weight is 421 g/mol. The highest BCUT2D eigenvalue weighted by Gasteiger charge is 2.32. The molecule has 0 saturated carbocycles. The fourth-order valence-corrected chi connectivity index (χ4v) is 5.33. The Bertz CT molecular complexity index is 975. The van der Waals surface area contributed by atoms with Gasteiger partial charge in [0.1, 0.15) is 0 Å². The van der Waals surface area contributed by atoms with E-state index in [0.717, 1.165) is 16.7 Å². The summed E-state index contributed by atoms with van der Waals surface area (Å²) in [5.74, 6) is -0.582. The van der Waals surface area contributed by atoms with Gasteiger partial charge in [0.25, 0.3) is 0 Å². The van der Waals surface area contributed by atoms with Gasteiger partial charge in [0.05, 0.1) is 11.7 Å². The van der Waals surface area contributed by atoms with Crippen LogP contribution in [0.3, 0.4) is 0 Å². The van der Waals surface area contributed by atoms with Crippen LogP contribution in [0.5, 0.6) is 0 Å². The molecule has 1 aliphatic rings. The van der Waals surface area contributed by atoms with E-state index < -0.39 is 10.0 Å². The number of anilines is 1. The zero-order valence-electron chi connectivity index (χ0n) is 16.1. The molecule has 1 amide bonds. The SMILES string of the molecule is Cc1ccccc1CS(=O)(=O)N1CCCC(C(=O)Nc2cccc(Cl)c2C)C1. The van der Waals surface area contributed by atoms with Crippen LogP contribution in [0.1, 0.15) is 29.5 Å². The normalized spacial score (nSPS) is 18.0. The molecule has 2 aromatic carbocycles. The molecule has 0 aliphatic carbocycles. The number of carbonyl (C=O) groups excluding carboxylic acids is 1. The molecule has 1 unspecified atom stereocenters. The first-order chi connectivity index (χ1) is 13.3. The van der Waals surface area contributed by atoms with Crippen molar-refractivity contribution >= 4 is 33.2 Å². The van der Waals surface area contributed by atoms with Crippen molar-refractivity contribution in [1.82, 2.24) is 4.31 Å². The Morgan fingerprint density at radius 3 is 2.68 bits per heavy atom. The maximum absolute atomic E-state index is 12.9. The highest BCUT2D eigenvalue weighted by Crippen LogP contribution is 2.26. The third kappa shape index (κ3) is 4.74. The Morgan fingerprint density at radius 2 is 1.93 bits per heavy atom. The van der Waals surface area contributed by atoms with Crippen molar-refractivity contribution in [2.75, 3.05) is 18.4 Å². The Morgan fingerprint density at radius 1 is 1.18 bits per heavy atom. The Labute approximate surface area is 171 Å². The van der Waals surface area contributed by atoms with Gasteiger partial charge in [-0.3, -0.25) is 4.79 Å². The second-order valence-electron chi connectivity index (χ2n) is 7.28. The van der Waals surface area contributed by atoms with Gasteiger partial charge in [0.2, 0.25) is 15.9 Å². The predicted molar refractivity (Wildman–Crippen MR) is 113 cm³/mol. The van der Waals surface area contributed by atoms with Crippen LogP contribution in [0, 0.1) is 19.8 Å². The average Bonchev–Trinajstić information content (AvgIpc) is 2.67. The third-order valence-electron chi connectivity index (χ3n) is 5.27. The summed E-state index contributed by atoms with van der Waals surface area (Å²) in [7, 11) is -3.48. The number of amides is 1. The predicted octanol–water partition coefficient (Wildman–Crippen LogP) is 4.14. The summed E-state index contributed by atoms with van der Waals surface area (Å²) in [5, 5.41) is 3.49. The molecular weight excluding hydrogens is 396 g/mol. The van der Waals surface area contributed by atoms with Crippen molar-refractivity contribution in [1.29, 1.82) is 0 Å². The van der Waals surface area contributed by atoms with Gasteiger partial charge in [-0.05, 0) is 55.5 Å². The summed E-state index contributed by atoms with van der Waals surface area (Å²) in [6.07, 6.45) is 1.33. The highest BCUT2D eigenvalue weighted by molar-refractivity contribution is 7.88. The van der Waals surface area contributed by atoms with Crippen LogP contribution < -0.4 is 5.32 Å². The molecule has 3 rings (SSSR count). The number of hydrogen-bond acceptors (Lipinski definition) is 3. The molecule has 1 fully saturated rings. The van der Waals surface area contributed by atoms with Crippen LogP contribution in [0.2, 0.25) is 5.02 Å².